The van der Waals surface area contributed by atoms with E-state index in [1.54, 1.807) is 0 Å². The Balaban J connectivity index is 1.69. The Labute approximate surface area is 154 Å². The van der Waals surface area contributed by atoms with Gasteiger partial charge in [-0.1, -0.05) is 12.1 Å². The van der Waals surface area contributed by atoms with E-state index in [4.69, 9.17) is 27.9 Å². The molecule has 0 bridgehead atoms. The van der Waals surface area contributed by atoms with Gasteiger partial charge in [0.25, 0.3) is 0 Å². The van der Waals surface area contributed by atoms with Crippen molar-refractivity contribution < 1.29 is 32.3 Å². The van der Waals surface area contributed by atoms with Gasteiger partial charge in [0.2, 0.25) is 6.75 Å². The fraction of sp³-hybridized carbons (Fsp3) is 0.368. The molecule has 1 fully saturated rings. The molecule has 1 unspecified atom stereocenters. The molecule has 2 atom stereocenters. The molecule has 2 heterocycles. The molecule has 5 heteroatoms. The van der Waals surface area contributed by atoms with Gasteiger partial charge in [0, 0.05) is 24.0 Å². The van der Waals surface area contributed by atoms with Crippen molar-refractivity contribution in [3.63, 3.8) is 0 Å². The number of piperidine rings is 1. The zero-order chi connectivity index (χ0) is 25.2. The van der Waals surface area contributed by atoms with Gasteiger partial charge in [0.15, 0.2) is 11.5 Å². The minimum absolute atomic E-state index is 0.0885. The highest BCUT2D eigenvalue weighted by Gasteiger charge is 2.27. The van der Waals surface area contributed by atoms with Crippen LogP contribution in [0.5, 0.6) is 17.2 Å². The van der Waals surface area contributed by atoms with Crippen LogP contribution >= 0.6 is 0 Å². The van der Waals surface area contributed by atoms with Crippen LogP contribution < -0.4 is 19.5 Å². The Hall–Kier alpha value is -2.27. The van der Waals surface area contributed by atoms with Crippen LogP contribution in [0.4, 0.5) is 4.39 Å². The van der Waals surface area contributed by atoms with Crippen molar-refractivity contribution in [2.45, 2.75) is 12.3 Å². The summed E-state index contributed by atoms with van der Waals surface area (Å²) >= 11 is 0. The van der Waals surface area contributed by atoms with Gasteiger partial charge >= 0.3 is 0 Å². The van der Waals surface area contributed by atoms with Gasteiger partial charge in [-0.2, -0.15) is 0 Å². The van der Waals surface area contributed by atoms with Crippen LogP contribution in [0.25, 0.3) is 0 Å². The minimum atomic E-state index is -2.72. The van der Waals surface area contributed by atoms with Gasteiger partial charge in [-0.25, -0.2) is 4.39 Å². The van der Waals surface area contributed by atoms with Crippen molar-refractivity contribution in [1.29, 1.82) is 0 Å². The molecule has 0 saturated carbocycles. The first-order chi connectivity index (χ1) is 15.7. The van der Waals surface area contributed by atoms with Crippen LogP contribution in [0.2, 0.25) is 0 Å². The topological polar surface area (TPSA) is 39.7 Å². The summed E-state index contributed by atoms with van der Waals surface area (Å²) in [6.45, 7) is -5.30. The summed E-state index contributed by atoms with van der Waals surface area (Å²) < 4.78 is 110. The molecule has 2 aliphatic rings. The predicted molar refractivity (Wildman–Crippen MR) is 88.2 cm³/mol. The van der Waals surface area contributed by atoms with E-state index >= 15 is 0 Å². The third-order valence-corrected chi connectivity index (χ3v) is 3.76. The molecule has 0 radical (unpaired) electrons. The molecule has 0 spiro atoms. The highest BCUT2D eigenvalue weighted by atomic mass is 19.1. The minimum Gasteiger partial charge on any atom is -0.493 e. The van der Waals surface area contributed by atoms with Gasteiger partial charge in [-0.3, -0.25) is 0 Å². The number of ether oxygens (including phenoxy) is 3. The van der Waals surface area contributed by atoms with E-state index in [2.05, 4.69) is 5.32 Å². The summed E-state index contributed by atoms with van der Waals surface area (Å²) in [5.41, 5.74) is -0.431. The fourth-order valence-electron chi connectivity index (χ4n) is 2.53. The average Bonchev–Trinajstić information content (AvgIpc) is 3.06. The van der Waals surface area contributed by atoms with Crippen molar-refractivity contribution in [2.75, 3.05) is 26.4 Å². The third kappa shape index (κ3) is 3.17. The smallest absolute Gasteiger partial charge is 0.231 e. The Bertz CT molecular complexity index is 1120. The predicted octanol–water partition coefficient (Wildman–Crippen LogP) is 3.33. The molecule has 2 aromatic carbocycles. The summed E-state index contributed by atoms with van der Waals surface area (Å²) in [4.78, 5) is 0. The van der Waals surface area contributed by atoms with E-state index in [1.807, 2.05) is 0 Å². The first kappa shape index (κ1) is 7.74. The second-order valence-corrected chi connectivity index (χ2v) is 5.32. The average molecular weight is 339 g/mol. The first-order valence-electron chi connectivity index (χ1n) is 12.3. The van der Waals surface area contributed by atoms with Crippen LogP contribution in [-0.4, -0.2) is 26.4 Å². The first-order valence-corrected chi connectivity index (χ1v) is 7.32. The van der Waals surface area contributed by atoms with Crippen LogP contribution in [-0.2, 0) is 0 Å². The maximum absolute atomic E-state index is 14.1. The zero-order valence-corrected chi connectivity index (χ0v) is 12.4. The number of benzene rings is 2. The molecule has 1 N–H and O–H groups in total. The lowest BCUT2D eigenvalue weighted by molar-refractivity contribution is 0.173. The van der Waals surface area contributed by atoms with Crippen LogP contribution in [0.1, 0.15) is 31.6 Å². The standard InChI is InChI=1S/C19H20FNO3/c20-15-3-1-13(2-4-15)17-7-8-21-10-14(17)11-22-16-5-6-18-19(9-16)24-12-23-18/h1-6,9,14,17,21H,7-8,10-12H2/t14?,17-/m0/s1/i1D,2D,3D,4D,7D2,8D2,12D2. The van der Waals surface area contributed by atoms with Crippen molar-refractivity contribution in [3.8, 4) is 17.2 Å². The van der Waals surface area contributed by atoms with Crippen LogP contribution in [0.15, 0.2) is 42.4 Å². The molecule has 126 valence electrons. The molecule has 0 aromatic heterocycles. The Morgan fingerprint density at radius 2 is 2.08 bits per heavy atom. The number of hydrogen-bond donors (Lipinski definition) is 1. The van der Waals surface area contributed by atoms with E-state index in [0.29, 0.717) is 0 Å². The Morgan fingerprint density at radius 1 is 1.25 bits per heavy atom. The molecule has 4 nitrogen and oxygen atoms in total. The SMILES string of the molecule is [2H]c1c([2H])c([C@H]2C(COc3ccc4c(c3)OC([2H])([2H])O4)CNC([2H])([2H])C2([2H])[2H])c([2H])c([2H])c1F. The summed E-state index contributed by atoms with van der Waals surface area (Å²) in [5.74, 6) is -3.30. The maximum atomic E-state index is 14.1. The Kier molecular flexibility index (Phi) is 2.16. The van der Waals surface area contributed by atoms with E-state index in [9.17, 15) is 4.39 Å². The molecule has 2 aromatic rings. The summed E-state index contributed by atoms with van der Waals surface area (Å²) in [5, 5.41) is 2.46. The number of halogens is 1. The molecule has 4 rings (SSSR count). The van der Waals surface area contributed by atoms with E-state index < -0.39 is 67.0 Å². The normalized spacial score (nSPS) is 34.7. The maximum Gasteiger partial charge on any atom is 0.231 e. The van der Waals surface area contributed by atoms with Crippen LogP contribution in [0.3, 0.4) is 0 Å². The number of rotatable bonds is 4. The van der Waals surface area contributed by atoms with Crippen LogP contribution in [0, 0.1) is 11.7 Å². The fourth-order valence-corrected chi connectivity index (χ4v) is 2.53. The highest BCUT2D eigenvalue weighted by Crippen LogP contribution is 2.36. The lowest BCUT2D eigenvalue weighted by Crippen LogP contribution is -2.38. The van der Waals surface area contributed by atoms with Gasteiger partial charge in [-0.05, 0) is 48.6 Å². The second kappa shape index (κ2) is 6.69. The second-order valence-electron chi connectivity index (χ2n) is 5.32. The van der Waals surface area contributed by atoms with Gasteiger partial charge < -0.3 is 19.5 Å². The number of hydrogen-bond acceptors (Lipinski definition) is 4. The summed E-state index contributed by atoms with van der Waals surface area (Å²) in [6, 6.07) is 0.780. The van der Waals surface area contributed by atoms with Gasteiger partial charge in [-0.15, -0.1) is 0 Å². The van der Waals surface area contributed by atoms with Crippen molar-refractivity contribution in [2.24, 2.45) is 5.92 Å². The quantitative estimate of drug-likeness (QED) is 0.927. The highest BCUT2D eigenvalue weighted by molar-refractivity contribution is 5.46. The van der Waals surface area contributed by atoms with Gasteiger partial charge in [0.05, 0.1) is 12.1 Å². The van der Waals surface area contributed by atoms with E-state index in [0.717, 1.165) is 0 Å². The van der Waals surface area contributed by atoms with E-state index in [-0.39, 0.29) is 30.4 Å². The molecule has 0 amide bonds. The molecule has 2 aliphatic heterocycles. The lowest BCUT2D eigenvalue weighted by atomic mass is 9.81. The number of fused-ring (bicyclic) bond motifs is 1. The monoisotopic (exact) mass is 339 g/mol. The number of nitrogens with one attached hydrogen (secondary N) is 1. The molecular formula is C19H20FNO3. The molecule has 24 heavy (non-hydrogen) atoms. The molecule has 1 saturated heterocycles. The third-order valence-electron chi connectivity index (χ3n) is 3.76. The van der Waals surface area contributed by atoms with Crippen molar-refractivity contribution >= 4 is 0 Å². The molecular weight excluding hydrogens is 309 g/mol. The summed E-state index contributed by atoms with van der Waals surface area (Å²) in [6.07, 6.45) is -2.72. The molecule has 0 aliphatic carbocycles. The Morgan fingerprint density at radius 3 is 2.96 bits per heavy atom. The largest absolute Gasteiger partial charge is 0.493 e. The van der Waals surface area contributed by atoms with E-state index in [1.165, 1.54) is 18.2 Å². The van der Waals surface area contributed by atoms with Crippen molar-refractivity contribution in [1.82, 2.24) is 5.32 Å². The lowest BCUT2D eigenvalue weighted by Gasteiger charge is -2.32. The van der Waals surface area contributed by atoms with Gasteiger partial charge in [0.1, 0.15) is 14.3 Å². The van der Waals surface area contributed by atoms with Crippen molar-refractivity contribution in [3.05, 3.63) is 53.7 Å². The summed E-state index contributed by atoms with van der Waals surface area (Å²) in [7, 11) is 0. The zero-order valence-electron chi connectivity index (χ0n) is 22.4.